The van der Waals surface area contributed by atoms with Gasteiger partial charge in [0, 0.05) is 18.8 Å². The maximum Gasteiger partial charge on any atom is 0.340 e. The van der Waals surface area contributed by atoms with Gasteiger partial charge in [-0.15, -0.1) is 0 Å². The molecule has 2 heterocycles. The fourth-order valence-corrected chi connectivity index (χ4v) is 3.90. The zero-order valence-corrected chi connectivity index (χ0v) is 12.3. The number of nitrogens with one attached hydrogen (secondary N) is 1. The van der Waals surface area contributed by atoms with Crippen molar-refractivity contribution in [3.63, 3.8) is 0 Å². The highest BCUT2D eigenvalue weighted by atomic mass is 32.2. The van der Waals surface area contributed by atoms with E-state index in [0.29, 0.717) is 6.42 Å². The molecule has 1 saturated heterocycles. The highest BCUT2D eigenvalue weighted by Gasteiger charge is 2.39. The largest absolute Gasteiger partial charge is 0.478 e. The molecule has 2 N–H and O–H groups in total. The summed E-state index contributed by atoms with van der Waals surface area (Å²) in [5, 5.41) is 14.5. The molecule has 9 nitrogen and oxygen atoms in total. The van der Waals surface area contributed by atoms with Crippen molar-refractivity contribution in [2.75, 3.05) is 20.2 Å². The van der Waals surface area contributed by atoms with Crippen LogP contribution in [0.4, 0.5) is 0 Å². The second kappa shape index (κ2) is 5.45. The van der Waals surface area contributed by atoms with Crippen LogP contribution < -0.4 is 0 Å². The normalized spacial score (nSPS) is 19.6. The van der Waals surface area contributed by atoms with Crippen molar-refractivity contribution in [1.82, 2.24) is 14.5 Å². The van der Waals surface area contributed by atoms with Crippen LogP contribution in [0.5, 0.6) is 0 Å². The van der Waals surface area contributed by atoms with E-state index in [-0.39, 0.29) is 24.3 Å². The van der Waals surface area contributed by atoms with Crippen LogP contribution in [0.2, 0.25) is 0 Å². The Hall–Kier alpha value is -1.94. The zero-order chi connectivity index (χ0) is 15.8. The number of hydrogen-bond donors (Lipinski definition) is 2. The number of aryl methyl sites for hydroxylation is 1. The van der Waals surface area contributed by atoms with E-state index < -0.39 is 32.9 Å². The molecule has 116 valence electrons. The number of carbonyl (C=O) groups is 2. The summed E-state index contributed by atoms with van der Waals surface area (Å²) in [5.74, 6) is -2.40. The first-order valence-corrected chi connectivity index (χ1v) is 7.59. The van der Waals surface area contributed by atoms with Gasteiger partial charge in [-0.1, -0.05) is 0 Å². The molecule has 10 heteroatoms. The Bertz CT molecular complexity index is 680. The van der Waals surface area contributed by atoms with Gasteiger partial charge in [0.15, 0.2) is 0 Å². The molecular weight excluding hydrogens is 302 g/mol. The minimum Gasteiger partial charge on any atom is -0.478 e. The summed E-state index contributed by atoms with van der Waals surface area (Å²) >= 11 is 0. The molecule has 1 aliphatic heterocycles. The number of aromatic nitrogens is 2. The molecule has 1 fully saturated rings. The minimum atomic E-state index is -4.07. The molecule has 2 rings (SSSR count). The third kappa shape index (κ3) is 2.63. The predicted octanol–water partition coefficient (Wildman–Crippen LogP) is -0.400. The van der Waals surface area contributed by atoms with Crippen molar-refractivity contribution >= 4 is 22.0 Å². The monoisotopic (exact) mass is 317 g/mol. The van der Waals surface area contributed by atoms with Crippen LogP contribution in [0, 0.1) is 12.8 Å². The van der Waals surface area contributed by atoms with Crippen molar-refractivity contribution in [2.45, 2.75) is 18.4 Å². The summed E-state index contributed by atoms with van der Waals surface area (Å²) in [5.41, 5.74) is -0.221. The maximum atomic E-state index is 12.5. The lowest BCUT2D eigenvalue weighted by Gasteiger charge is -2.14. The number of sulfonamides is 1. The van der Waals surface area contributed by atoms with Gasteiger partial charge < -0.3 is 9.84 Å². The van der Waals surface area contributed by atoms with E-state index in [4.69, 9.17) is 5.11 Å². The van der Waals surface area contributed by atoms with E-state index in [1.807, 2.05) is 0 Å². The van der Waals surface area contributed by atoms with Crippen LogP contribution in [0.15, 0.2) is 5.03 Å². The Kier molecular flexibility index (Phi) is 4.01. The lowest BCUT2D eigenvalue weighted by molar-refractivity contribution is -0.144. The van der Waals surface area contributed by atoms with Crippen LogP contribution in [-0.2, 0) is 19.6 Å². The van der Waals surface area contributed by atoms with Crippen LogP contribution >= 0.6 is 0 Å². The molecule has 0 spiro atoms. The van der Waals surface area contributed by atoms with Gasteiger partial charge in [-0.2, -0.15) is 9.40 Å². The number of nitrogens with zero attached hydrogens (tertiary/aromatic N) is 2. The molecular formula is C11H15N3O6S. The van der Waals surface area contributed by atoms with Crippen LogP contribution in [0.1, 0.15) is 22.5 Å². The fraction of sp³-hybridized carbons (Fsp3) is 0.545. The average Bonchev–Trinajstić information content (AvgIpc) is 3.04. The Morgan fingerprint density at radius 1 is 1.48 bits per heavy atom. The van der Waals surface area contributed by atoms with E-state index in [1.165, 1.54) is 14.0 Å². The Morgan fingerprint density at radius 3 is 2.71 bits per heavy atom. The lowest BCUT2D eigenvalue weighted by atomic mass is 10.1. The molecule has 1 aliphatic rings. The number of carboxylic acids is 1. The third-order valence-corrected chi connectivity index (χ3v) is 5.19. The molecule has 0 bridgehead atoms. The molecule has 0 aliphatic carbocycles. The van der Waals surface area contributed by atoms with Gasteiger partial charge in [0.1, 0.15) is 5.56 Å². The van der Waals surface area contributed by atoms with Crippen molar-refractivity contribution < 1.29 is 27.9 Å². The first-order valence-electron chi connectivity index (χ1n) is 6.15. The van der Waals surface area contributed by atoms with E-state index in [0.717, 1.165) is 4.31 Å². The molecule has 21 heavy (non-hydrogen) atoms. The van der Waals surface area contributed by atoms with Crippen molar-refractivity contribution in [3.05, 3.63) is 11.3 Å². The molecule has 0 saturated carbocycles. The Labute approximate surface area is 120 Å². The topological polar surface area (TPSA) is 130 Å². The van der Waals surface area contributed by atoms with Gasteiger partial charge in [-0.05, 0) is 13.3 Å². The predicted molar refractivity (Wildman–Crippen MR) is 69.2 cm³/mol. The Balaban J connectivity index is 2.32. The second-order valence-electron chi connectivity index (χ2n) is 4.71. The standard InChI is InChI=1S/C11H15N3O6S/c1-6-8(10(15)16)9(13-12-6)21(18,19)14-4-3-7(5-14)11(17)20-2/h7H,3-5H2,1-2H3,(H,12,13)(H,15,16). The van der Waals surface area contributed by atoms with Gasteiger partial charge in [0.25, 0.3) is 10.0 Å². The maximum absolute atomic E-state index is 12.5. The smallest absolute Gasteiger partial charge is 0.340 e. The van der Waals surface area contributed by atoms with E-state index in [1.54, 1.807) is 0 Å². The number of esters is 1. The minimum absolute atomic E-state index is 0.0417. The molecule has 0 amide bonds. The van der Waals surface area contributed by atoms with Crippen molar-refractivity contribution in [1.29, 1.82) is 0 Å². The number of aromatic amines is 1. The molecule has 0 aromatic carbocycles. The third-order valence-electron chi connectivity index (χ3n) is 3.40. The van der Waals surface area contributed by atoms with Gasteiger partial charge in [-0.3, -0.25) is 9.89 Å². The van der Waals surface area contributed by atoms with Gasteiger partial charge in [-0.25, -0.2) is 13.2 Å². The van der Waals surface area contributed by atoms with E-state index in [2.05, 4.69) is 14.9 Å². The number of aromatic carboxylic acids is 1. The van der Waals surface area contributed by atoms with Gasteiger partial charge in [0.2, 0.25) is 5.03 Å². The number of carbonyl (C=O) groups excluding carboxylic acids is 1. The molecule has 1 aromatic heterocycles. The zero-order valence-electron chi connectivity index (χ0n) is 11.5. The molecule has 1 aromatic rings. The first-order chi connectivity index (χ1) is 9.78. The number of hydrogen-bond acceptors (Lipinski definition) is 6. The summed E-state index contributed by atoms with van der Waals surface area (Å²) in [7, 11) is -2.83. The van der Waals surface area contributed by atoms with Crippen molar-refractivity contribution in [2.24, 2.45) is 5.92 Å². The van der Waals surface area contributed by atoms with Gasteiger partial charge >= 0.3 is 11.9 Å². The SMILES string of the molecule is COC(=O)C1CCN(S(=O)(=O)c2n[nH]c(C)c2C(=O)O)C1. The van der Waals surface area contributed by atoms with Crippen molar-refractivity contribution in [3.8, 4) is 0 Å². The average molecular weight is 317 g/mol. The second-order valence-corrected chi connectivity index (χ2v) is 6.56. The quantitative estimate of drug-likeness (QED) is 0.723. The van der Waals surface area contributed by atoms with Crippen LogP contribution in [0.3, 0.4) is 0 Å². The summed E-state index contributed by atoms with van der Waals surface area (Å²) in [6.45, 7) is 1.50. The number of H-pyrrole nitrogens is 1. The molecule has 1 unspecified atom stereocenters. The van der Waals surface area contributed by atoms with Gasteiger partial charge in [0.05, 0.1) is 13.0 Å². The first kappa shape index (κ1) is 15.4. The summed E-state index contributed by atoms with van der Waals surface area (Å²) < 4.78 is 30.6. The molecule has 0 radical (unpaired) electrons. The number of ether oxygens (including phenoxy) is 1. The number of rotatable bonds is 4. The lowest BCUT2D eigenvalue weighted by Crippen LogP contribution is -2.31. The molecule has 1 atom stereocenters. The summed E-state index contributed by atoms with van der Waals surface area (Å²) in [4.78, 5) is 22.6. The summed E-state index contributed by atoms with van der Waals surface area (Å²) in [6.07, 6.45) is 0.331. The van der Waals surface area contributed by atoms with Crippen LogP contribution in [-0.4, -0.2) is 60.2 Å². The number of methoxy groups -OCH3 is 1. The van der Waals surface area contributed by atoms with Crippen LogP contribution in [0.25, 0.3) is 0 Å². The Morgan fingerprint density at radius 2 is 2.14 bits per heavy atom. The van der Waals surface area contributed by atoms with E-state index in [9.17, 15) is 18.0 Å². The highest BCUT2D eigenvalue weighted by molar-refractivity contribution is 7.89. The van der Waals surface area contributed by atoms with E-state index >= 15 is 0 Å². The fourth-order valence-electron chi connectivity index (χ4n) is 2.27. The highest BCUT2D eigenvalue weighted by Crippen LogP contribution is 2.26. The summed E-state index contributed by atoms with van der Waals surface area (Å²) in [6, 6.07) is 0. The number of carboxylic acid groups (broad SMARTS) is 1.